The van der Waals surface area contributed by atoms with Gasteiger partial charge in [0.2, 0.25) is 5.88 Å². The van der Waals surface area contributed by atoms with Crippen LogP contribution in [0.5, 0.6) is 5.88 Å². The summed E-state index contributed by atoms with van der Waals surface area (Å²) in [7, 11) is -2.37. The molecule has 1 aromatic heterocycles. The monoisotopic (exact) mass is 864 g/mol. The molecule has 1 saturated heterocycles. The van der Waals surface area contributed by atoms with E-state index in [0.29, 0.717) is 66.4 Å². The molecule has 1 aliphatic heterocycles. The molecule has 1 aromatic rings. The van der Waals surface area contributed by atoms with Crippen LogP contribution in [0.25, 0.3) is 0 Å². The van der Waals surface area contributed by atoms with Gasteiger partial charge in [0, 0.05) is 31.7 Å². The number of hydrogen-bond acceptors (Lipinski definition) is 9. The first kappa shape index (κ1) is 45.4. The molecule has 2 heterocycles. The van der Waals surface area contributed by atoms with Crippen molar-refractivity contribution in [3.05, 3.63) is 41.6 Å². The third-order valence-corrected chi connectivity index (χ3v) is 20.9. The lowest BCUT2D eigenvalue weighted by Gasteiger charge is -2.72. The molecule has 0 aromatic carbocycles. The van der Waals surface area contributed by atoms with Gasteiger partial charge < -0.3 is 14.8 Å². The zero-order chi connectivity index (χ0) is 43.8. The van der Waals surface area contributed by atoms with E-state index in [-0.39, 0.29) is 45.8 Å². The SMILES string of the molecule is C=C(C)[C@@H]1CC[C@]2(NCCN3CCS(O)(O)CC3)CC[C@]3(C)[C@H](CC[C@@H]4[C@@]5(C)CC=C(C6=CCC(COc7cnnn7C(C)C)(C(=O)OCC)CC6)C(C)(C)[C@@H]5CC[C@]43C)[C@@H]12. The number of carbonyl (C=O) groups excluding carboxylic acids is 1. The van der Waals surface area contributed by atoms with Gasteiger partial charge in [-0.15, -0.1) is 5.10 Å². The van der Waals surface area contributed by atoms with E-state index in [1.54, 1.807) is 10.9 Å². The fourth-order valence-corrected chi connectivity index (χ4v) is 17.1. The maximum absolute atomic E-state index is 13.7. The molecule has 0 spiro atoms. The van der Waals surface area contributed by atoms with Crippen LogP contribution in [0.1, 0.15) is 145 Å². The van der Waals surface area contributed by atoms with Crippen molar-refractivity contribution in [1.29, 1.82) is 0 Å². The topological polar surface area (TPSA) is 122 Å². The van der Waals surface area contributed by atoms with E-state index in [0.717, 1.165) is 39.0 Å². The van der Waals surface area contributed by atoms with E-state index >= 15 is 0 Å². The number of esters is 1. The van der Waals surface area contributed by atoms with Gasteiger partial charge in [0.1, 0.15) is 18.2 Å². The fourth-order valence-electron chi connectivity index (χ4n) is 15.8. The van der Waals surface area contributed by atoms with Gasteiger partial charge in [0.05, 0.1) is 24.2 Å². The van der Waals surface area contributed by atoms with Crippen LogP contribution in [0.15, 0.2) is 41.6 Å². The standard InChI is InChI=1S/C50H81N5O5S/c1-11-59-44(56)49(33-60-42-32-52-53-55(42)35(4)5)21-14-36(15-22-49)38-17-19-46(8)40(45(38,6)7)18-20-48(10)41(46)13-12-39-43-37(34(2)3)16-23-50(43,25-24-47(39,48)9)51-26-27-54-28-30-61(57,58)31-29-54/h14,17,32,35,37,39-41,43,51,57-58H,2,11-13,15-16,18-31,33H2,1,3-10H3/t37-,39+,40-,41+,43+,46-,47+,48+,49?,50-/m0/s1. The summed E-state index contributed by atoms with van der Waals surface area (Å²) in [5.74, 6) is 4.61. The summed E-state index contributed by atoms with van der Waals surface area (Å²) in [5, 5.41) is 12.5. The predicted octanol–water partition coefficient (Wildman–Crippen LogP) is 10.5. The summed E-state index contributed by atoms with van der Waals surface area (Å²) in [6.07, 6.45) is 20.2. The molecule has 11 heteroatoms. The molecule has 10 atom stereocenters. The van der Waals surface area contributed by atoms with Crippen LogP contribution in [-0.4, -0.2) is 91.4 Å². The van der Waals surface area contributed by atoms with Crippen LogP contribution in [0.2, 0.25) is 0 Å². The first-order chi connectivity index (χ1) is 28.8. The van der Waals surface area contributed by atoms with Gasteiger partial charge in [-0.1, -0.05) is 64.1 Å². The third kappa shape index (κ3) is 7.52. The van der Waals surface area contributed by atoms with Gasteiger partial charge in [-0.2, -0.15) is 10.6 Å². The van der Waals surface area contributed by atoms with Gasteiger partial charge in [0.15, 0.2) is 0 Å². The molecule has 4 saturated carbocycles. The fraction of sp³-hybridized carbons (Fsp3) is 0.820. The smallest absolute Gasteiger partial charge is 0.315 e. The van der Waals surface area contributed by atoms with Crippen LogP contribution < -0.4 is 10.1 Å². The van der Waals surface area contributed by atoms with E-state index in [2.05, 4.69) is 94.6 Å². The maximum Gasteiger partial charge on any atom is 0.315 e. The molecule has 0 bridgehead atoms. The Balaban J connectivity index is 1.01. The second-order valence-corrected chi connectivity index (χ2v) is 25.1. The Morgan fingerprint density at radius 2 is 1.72 bits per heavy atom. The molecule has 6 aliphatic carbocycles. The van der Waals surface area contributed by atoms with E-state index in [1.807, 2.05) is 6.92 Å². The minimum atomic E-state index is -2.37. The van der Waals surface area contributed by atoms with E-state index in [4.69, 9.17) is 9.47 Å². The second kappa shape index (κ2) is 16.4. The number of carbonyl (C=O) groups is 1. The lowest BCUT2D eigenvalue weighted by Crippen LogP contribution is -2.68. The minimum Gasteiger partial charge on any atom is -0.475 e. The second-order valence-electron chi connectivity index (χ2n) is 22.7. The molecule has 7 aliphatic rings. The average Bonchev–Trinajstić information content (AvgIpc) is 3.84. The van der Waals surface area contributed by atoms with E-state index in [9.17, 15) is 13.9 Å². The summed E-state index contributed by atoms with van der Waals surface area (Å²) >= 11 is 0. The quantitative estimate of drug-likeness (QED) is 0.139. The molecular weight excluding hydrogens is 783 g/mol. The van der Waals surface area contributed by atoms with Gasteiger partial charge in [0.25, 0.3) is 0 Å². The van der Waals surface area contributed by atoms with Gasteiger partial charge >= 0.3 is 5.97 Å². The Bertz CT molecular complexity index is 1880. The van der Waals surface area contributed by atoms with Crippen molar-refractivity contribution in [3.63, 3.8) is 0 Å². The minimum absolute atomic E-state index is 0.0292. The molecule has 5 fully saturated rings. The zero-order valence-electron chi connectivity index (χ0n) is 39.4. The third-order valence-electron chi connectivity index (χ3n) is 19.2. The van der Waals surface area contributed by atoms with Crippen molar-refractivity contribution < 1.29 is 23.4 Å². The van der Waals surface area contributed by atoms with Crippen LogP contribution in [0.3, 0.4) is 0 Å². The molecular formula is C50H81N5O5S. The summed E-state index contributed by atoms with van der Waals surface area (Å²) < 4.78 is 34.2. The highest BCUT2D eigenvalue weighted by Gasteiger charge is 2.70. The van der Waals surface area contributed by atoms with Gasteiger partial charge in [-0.05, 0) is 167 Å². The summed E-state index contributed by atoms with van der Waals surface area (Å²) in [5.41, 5.74) is 4.56. The highest BCUT2D eigenvalue weighted by Crippen LogP contribution is 2.76. The molecule has 61 heavy (non-hydrogen) atoms. The summed E-state index contributed by atoms with van der Waals surface area (Å²) in [6.45, 7) is 30.3. The zero-order valence-corrected chi connectivity index (χ0v) is 40.2. The van der Waals surface area contributed by atoms with Gasteiger partial charge in [-0.25, -0.2) is 4.68 Å². The number of ether oxygens (including phenoxy) is 2. The number of rotatable bonds is 12. The van der Waals surface area contributed by atoms with Crippen LogP contribution >= 0.6 is 10.6 Å². The normalized spacial score (nSPS) is 41.0. The van der Waals surface area contributed by atoms with E-state index in [1.165, 1.54) is 68.1 Å². The molecule has 8 rings (SSSR count). The van der Waals surface area contributed by atoms with Gasteiger partial charge in [-0.3, -0.25) is 18.8 Å². The number of aromatic nitrogens is 3. The summed E-state index contributed by atoms with van der Waals surface area (Å²) in [6, 6.07) is 0.109. The highest BCUT2D eigenvalue weighted by molar-refractivity contribution is 8.24. The Hall–Kier alpha value is -2.18. The van der Waals surface area contributed by atoms with Crippen LogP contribution in [-0.2, 0) is 9.53 Å². The molecule has 0 amide bonds. The number of hydrogen-bond donors (Lipinski definition) is 3. The van der Waals surface area contributed by atoms with Crippen molar-refractivity contribution in [3.8, 4) is 5.88 Å². The number of nitrogens with zero attached hydrogens (tertiary/aromatic N) is 4. The first-order valence-corrected chi connectivity index (χ1v) is 26.1. The Labute approximate surface area is 369 Å². The largest absolute Gasteiger partial charge is 0.475 e. The van der Waals surface area contributed by atoms with Crippen molar-refractivity contribution in [2.75, 3.05) is 50.9 Å². The molecule has 342 valence electrons. The lowest BCUT2D eigenvalue weighted by atomic mass is 9.33. The van der Waals surface area contributed by atoms with Crippen molar-refractivity contribution in [1.82, 2.24) is 25.2 Å². The number of allylic oxidation sites excluding steroid dienone is 5. The first-order valence-electron chi connectivity index (χ1n) is 24.2. The van der Waals surface area contributed by atoms with E-state index < -0.39 is 16.0 Å². The molecule has 3 N–H and O–H groups in total. The van der Waals surface area contributed by atoms with Crippen LogP contribution in [0.4, 0.5) is 0 Å². The Kier molecular flexibility index (Phi) is 12.2. The highest BCUT2D eigenvalue weighted by atomic mass is 32.3. The molecule has 1 unspecified atom stereocenters. The Morgan fingerprint density at radius 3 is 2.39 bits per heavy atom. The molecule has 0 radical (unpaired) electrons. The average molecular weight is 864 g/mol. The van der Waals surface area contributed by atoms with Crippen molar-refractivity contribution >= 4 is 16.6 Å². The lowest BCUT2D eigenvalue weighted by molar-refractivity contribution is -0.221. The predicted molar refractivity (Wildman–Crippen MR) is 247 cm³/mol. The van der Waals surface area contributed by atoms with Crippen molar-refractivity contribution in [2.45, 2.75) is 151 Å². The Morgan fingerprint density at radius 1 is 0.967 bits per heavy atom. The van der Waals surface area contributed by atoms with Crippen molar-refractivity contribution in [2.24, 2.45) is 56.7 Å². The van der Waals surface area contributed by atoms with Crippen LogP contribution in [0, 0.1) is 56.7 Å². The summed E-state index contributed by atoms with van der Waals surface area (Å²) in [4.78, 5) is 16.1. The maximum atomic E-state index is 13.7. The number of nitrogens with one attached hydrogen (secondary N) is 1. The molecule has 10 nitrogen and oxygen atoms in total. The number of fused-ring (bicyclic) bond motifs is 7.